The zero-order valence-electron chi connectivity index (χ0n) is 11.8. The molecule has 0 bridgehead atoms. The third-order valence-electron chi connectivity index (χ3n) is 3.10. The lowest BCUT2D eigenvalue weighted by molar-refractivity contribution is 0.102. The molecule has 1 amide bonds. The Balaban J connectivity index is 2.14. The van der Waals surface area contributed by atoms with E-state index in [2.05, 4.69) is 5.32 Å². The Labute approximate surface area is 123 Å². The predicted octanol–water partition coefficient (Wildman–Crippen LogP) is 2.15. The second-order valence-electron chi connectivity index (χ2n) is 4.57. The van der Waals surface area contributed by atoms with Gasteiger partial charge in [0.2, 0.25) is 0 Å². The molecule has 0 aliphatic carbocycles. The van der Waals surface area contributed by atoms with Crippen molar-refractivity contribution in [1.29, 1.82) is 0 Å². The normalized spacial score (nSPS) is 10.2. The molecule has 0 saturated carbocycles. The molecule has 0 atom stereocenters. The van der Waals surface area contributed by atoms with Crippen LogP contribution in [0, 0.1) is 0 Å². The Bertz CT molecular complexity index is 624. The molecule has 21 heavy (non-hydrogen) atoms. The largest absolute Gasteiger partial charge is 0.506 e. The van der Waals surface area contributed by atoms with Crippen molar-refractivity contribution in [3.05, 3.63) is 53.6 Å². The van der Waals surface area contributed by atoms with E-state index in [0.717, 1.165) is 12.0 Å². The molecule has 5 heteroatoms. The molecule has 0 spiro atoms. The number of benzene rings is 2. The van der Waals surface area contributed by atoms with Crippen molar-refractivity contribution in [2.75, 3.05) is 19.0 Å². The number of carbonyl (C=O) groups excluding carboxylic acids is 1. The third-order valence-corrected chi connectivity index (χ3v) is 3.10. The van der Waals surface area contributed by atoms with Crippen LogP contribution in [0.4, 0.5) is 5.69 Å². The summed E-state index contributed by atoms with van der Waals surface area (Å²) in [6.45, 7) is 0.573. The number of hydrogen-bond donors (Lipinski definition) is 3. The van der Waals surface area contributed by atoms with Gasteiger partial charge in [0.1, 0.15) is 11.5 Å². The number of nitrogens with one attached hydrogen (secondary N) is 1. The number of nitrogens with two attached hydrogens (primary N) is 1. The molecule has 2 aromatic rings. The molecule has 0 radical (unpaired) electrons. The Morgan fingerprint density at radius 1 is 1.24 bits per heavy atom. The van der Waals surface area contributed by atoms with E-state index in [9.17, 15) is 9.90 Å². The minimum absolute atomic E-state index is 0.0103. The van der Waals surface area contributed by atoms with Gasteiger partial charge in [-0.3, -0.25) is 4.79 Å². The van der Waals surface area contributed by atoms with Gasteiger partial charge >= 0.3 is 0 Å². The van der Waals surface area contributed by atoms with Crippen LogP contribution >= 0.6 is 0 Å². The van der Waals surface area contributed by atoms with Crippen LogP contribution in [0.3, 0.4) is 0 Å². The molecule has 0 aromatic heterocycles. The topological polar surface area (TPSA) is 84.6 Å². The van der Waals surface area contributed by atoms with Gasteiger partial charge in [-0.1, -0.05) is 12.1 Å². The molecule has 2 rings (SSSR count). The van der Waals surface area contributed by atoms with Crippen molar-refractivity contribution < 1.29 is 14.6 Å². The summed E-state index contributed by atoms with van der Waals surface area (Å²) in [7, 11) is 1.52. The van der Waals surface area contributed by atoms with Gasteiger partial charge in [-0.15, -0.1) is 0 Å². The maximum absolute atomic E-state index is 12.1. The summed E-state index contributed by atoms with van der Waals surface area (Å²) >= 11 is 0. The predicted molar refractivity (Wildman–Crippen MR) is 81.8 cm³/mol. The Morgan fingerprint density at radius 3 is 2.57 bits per heavy atom. The van der Waals surface area contributed by atoms with Crippen molar-refractivity contribution >= 4 is 11.6 Å². The van der Waals surface area contributed by atoms with E-state index in [-0.39, 0.29) is 11.7 Å². The van der Waals surface area contributed by atoms with E-state index >= 15 is 0 Å². The van der Waals surface area contributed by atoms with Crippen LogP contribution < -0.4 is 15.8 Å². The summed E-state index contributed by atoms with van der Waals surface area (Å²) in [4.78, 5) is 12.1. The van der Waals surface area contributed by atoms with Gasteiger partial charge in [0.25, 0.3) is 5.91 Å². The van der Waals surface area contributed by atoms with Crippen LogP contribution in [0.15, 0.2) is 42.5 Å². The van der Waals surface area contributed by atoms with Gasteiger partial charge in [0.15, 0.2) is 0 Å². The zero-order valence-corrected chi connectivity index (χ0v) is 11.8. The van der Waals surface area contributed by atoms with E-state index in [0.29, 0.717) is 23.5 Å². The summed E-state index contributed by atoms with van der Waals surface area (Å²) in [5.41, 5.74) is 7.39. The number of aromatic hydroxyl groups is 1. The minimum Gasteiger partial charge on any atom is -0.506 e. The maximum atomic E-state index is 12.1. The van der Waals surface area contributed by atoms with Crippen LogP contribution in [0.5, 0.6) is 11.5 Å². The van der Waals surface area contributed by atoms with Gasteiger partial charge in [0, 0.05) is 11.6 Å². The first-order valence-electron chi connectivity index (χ1n) is 6.61. The van der Waals surface area contributed by atoms with Gasteiger partial charge in [0.05, 0.1) is 12.8 Å². The molecule has 0 heterocycles. The number of hydrogen-bond acceptors (Lipinski definition) is 4. The number of phenols is 1. The van der Waals surface area contributed by atoms with Crippen molar-refractivity contribution in [3.8, 4) is 11.5 Å². The van der Waals surface area contributed by atoms with E-state index < -0.39 is 0 Å². The summed E-state index contributed by atoms with van der Waals surface area (Å²) in [6, 6.07) is 11.9. The molecule has 2 aromatic carbocycles. The van der Waals surface area contributed by atoms with Gasteiger partial charge in [-0.2, -0.15) is 0 Å². The monoisotopic (exact) mass is 286 g/mol. The molecule has 110 valence electrons. The van der Waals surface area contributed by atoms with Crippen LogP contribution in [0.1, 0.15) is 15.9 Å². The van der Waals surface area contributed by atoms with E-state index in [1.54, 1.807) is 24.3 Å². The van der Waals surface area contributed by atoms with Crippen LogP contribution in [-0.2, 0) is 6.42 Å². The highest BCUT2D eigenvalue weighted by molar-refractivity contribution is 6.05. The van der Waals surface area contributed by atoms with Crippen molar-refractivity contribution in [1.82, 2.24) is 0 Å². The van der Waals surface area contributed by atoms with E-state index in [1.807, 2.05) is 12.1 Å². The number of rotatable bonds is 5. The van der Waals surface area contributed by atoms with Crippen LogP contribution in [0.25, 0.3) is 0 Å². The van der Waals surface area contributed by atoms with E-state index in [4.69, 9.17) is 10.5 Å². The van der Waals surface area contributed by atoms with Gasteiger partial charge in [-0.05, 0) is 42.8 Å². The fraction of sp³-hybridized carbons (Fsp3) is 0.188. The SMILES string of the molecule is COc1ccc(O)c(NC(=O)c2ccc(CCN)cc2)c1. The number of phenolic OH excluding ortho intramolecular Hbond substituents is 1. The molecule has 0 fully saturated rings. The molecule has 0 aliphatic rings. The lowest BCUT2D eigenvalue weighted by Gasteiger charge is -2.09. The quantitative estimate of drug-likeness (QED) is 0.735. The van der Waals surface area contributed by atoms with Crippen LogP contribution in [0.2, 0.25) is 0 Å². The first-order valence-corrected chi connectivity index (χ1v) is 6.61. The lowest BCUT2D eigenvalue weighted by Crippen LogP contribution is -2.12. The first-order chi connectivity index (χ1) is 10.1. The molecule has 0 aliphatic heterocycles. The van der Waals surface area contributed by atoms with Gasteiger partial charge < -0.3 is 20.9 Å². The van der Waals surface area contributed by atoms with Crippen LogP contribution in [-0.4, -0.2) is 24.7 Å². The number of carbonyl (C=O) groups is 1. The standard InChI is InChI=1S/C16H18N2O3/c1-21-13-6-7-15(19)14(10-13)18-16(20)12-4-2-11(3-5-12)8-9-17/h2-7,10,19H,8-9,17H2,1H3,(H,18,20). The fourth-order valence-electron chi connectivity index (χ4n) is 1.93. The molecule has 0 saturated heterocycles. The van der Waals surface area contributed by atoms with Crippen molar-refractivity contribution in [3.63, 3.8) is 0 Å². The Morgan fingerprint density at radius 2 is 1.95 bits per heavy atom. The number of methoxy groups -OCH3 is 1. The average Bonchev–Trinajstić information content (AvgIpc) is 2.50. The zero-order chi connectivity index (χ0) is 15.2. The summed E-state index contributed by atoms with van der Waals surface area (Å²) < 4.78 is 5.07. The number of ether oxygens (including phenoxy) is 1. The van der Waals surface area contributed by atoms with E-state index in [1.165, 1.54) is 13.2 Å². The Kier molecular flexibility index (Phi) is 4.79. The molecule has 0 unspecified atom stereocenters. The fourth-order valence-corrected chi connectivity index (χ4v) is 1.93. The highest BCUT2D eigenvalue weighted by atomic mass is 16.5. The highest BCUT2D eigenvalue weighted by Crippen LogP contribution is 2.28. The number of amides is 1. The minimum atomic E-state index is -0.294. The molecular formula is C16H18N2O3. The second-order valence-corrected chi connectivity index (χ2v) is 4.57. The summed E-state index contributed by atoms with van der Waals surface area (Å²) in [5.74, 6) is 0.253. The number of anilines is 1. The lowest BCUT2D eigenvalue weighted by atomic mass is 10.1. The molecule has 5 nitrogen and oxygen atoms in total. The first kappa shape index (κ1) is 14.9. The summed E-state index contributed by atoms with van der Waals surface area (Å²) in [6.07, 6.45) is 0.776. The second kappa shape index (κ2) is 6.76. The smallest absolute Gasteiger partial charge is 0.255 e. The summed E-state index contributed by atoms with van der Waals surface area (Å²) in [5, 5.41) is 12.4. The third kappa shape index (κ3) is 3.73. The molecule has 4 N–H and O–H groups in total. The molecular weight excluding hydrogens is 268 g/mol. The Hall–Kier alpha value is -2.53. The van der Waals surface area contributed by atoms with Crippen molar-refractivity contribution in [2.45, 2.75) is 6.42 Å². The maximum Gasteiger partial charge on any atom is 0.255 e. The van der Waals surface area contributed by atoms with Gasteiger partial charge in [-0.25, -0.2) is 0 Å². The van der Waals surface area contributed by atoms with Crippen molar-refractivity contribution in [2.24, 2.45) is 5.73 Å². The average molecular weight is 286 g/mol. The highest BCUT2D eigenvalue weighted by Gasteiger charge is 2.10.